The first-order chi connectivity index (χ1) is 13.7. The summed E-state index contributed by atoms with van der Waals surface area (Å²) < 4.78 is 2.13. The molecule has 4 aromatic rings. The van der Waals surface area contributed by atoms with Gasteiger partial charge in [-0.05, 0) is 53.3 Å². The molecule has 1 aliphatic rings. The van der Waals surface area contributed by atoms with Crippen LogP contribution < -0.4 is 0 Å². The van der Waals surface area contributed by atoms with Crippen LogP contribution in [-0.4, -0.2) is 21.9 Å². The molecular weight excluding hydrogens is 388 g/mol. The average molecular weight is 407 g/mol. The molecule has 3 nitrogen and oxygen atoms in total. The Labute approximate surface area is 172 Å². The van der Waals surface area contributed by atoms with E-state index in [1.807, 2.05) is 35.2 Å². The quantitative estimate of drug-likeness (QED) is 0.434. The molecule has 3 heterocycles. The van der Waals surface area contributed by atoms with Gasteiger partial charge in [0, 0.05) is 29.0 Å². The normalized spacial score (nSPS) is 13.7. The van der Waals surface area contributed by atoms with Crippen LogP contribution >= 0.6 is 22.9 Å². The lowest BCUT2D eigenvalue weighted by Gasteiger charge is -2.29. The molecule has 5 rings (SSSR count). The number of nitrogens with zero attached hydrogens (tertiary/aromatic N) is 2. The van der Waals surface area contributed by atoms with Crippen LogP contribution in [0.1, 0.15) is 11.1 Å². The van der Waals surface area contributed by atoms with Gasteiger partial charge in [0.25, 0.3) is 0 Å². The van der Waals surface area contributed by atoms with Gasteiger partial charge in [-0.1, -0.05) is 41.9 Å². The molecule has 0 saturated heterocycles. The number of amides is 1. The molecule has 0 unspecified atom stereocenters. The number of hydrogen-bond donors (Lipinski definition) is 0. The number of rotatable bonds is 3. The van der Waals surface area contributed by atoms with Gasteiger partial charge in [0.1, 0.15) is 6.54 Å². The van der Waals surface area contributed by atoms with Crippen LogP contribution in [0.4, 0.5) is 0 Å². The first-order valence-corrected chi connectivity index (χ1v) is 10.6. The third-order valence-corrected chi connectivity index (χ3v) is 6.54. The molecule has 28 heavy (non-hydrogen) atoms. The number of halogens is 1. The van der Waals surface area contributed by atoms with E-state index in [0.29, 0.717) is 18.1 Å². The molecule has 2 aromatic carbocycles. The fraction of sp³-hybridized carbons (Fsp3) is 0.174. The number of carbonyl (C=O) groups excluding carboxylic acids is 1. The highest BCUT2D eigenvalue weighted by Gasteiger charge is 2.22. The minimum atomic E-state index is 0.153. The summed E-state index contributed by atoms with van der Waals surface area (Å²) in [5.41, 5.74) is 4.72. The van der Waals surface area contributed by atoms with Crippen LogP contribution in [0.2, 0.25) is 5.02 Å². The van der Waals surface area contributed by atoms with Crippen molar-refractivity contribution in [2.75, 3.05) is 6.54 Å². The Balaban J connectivity index is 1.49. The number of aromatic nitrogens is 1. The predicted molar refractivity (Wildman–Crippen MR) is 116 cm³/mol. The SMILES string of the molecule is O=C(Cn1c(-c2cccs2)cc2cc(Cl)ccc21)N1CCc2ccccc2C1. The van der Waals surface area contributed by atoms with Crippen molar-refractivity contribution in [2.24, 2.45) is 0 Å². The lowest BCUT2D eigenvalue weighted by atomic mass is 10.00. The Bertz CT molecular complexity index is 1160. The summed E-state index contributed by atoms with van der Waals surface area (Å²) in [6, 6.07) is 20.5. The van der Waals surface area contributed by atoms with E-state index in [2.05, 4.69) is 40.3 Å². The van der Waals surface area contributed by atoms with Crippen molar-refractivity contribution in [3.8, 4) is 10.6 Å². The molecule has 0 spiro atoms. The van der Waals surface area contributed by atoms with Crippen molar-refractivity contribution >= 4 is 39.7 Å². The van der Waals surface area contributed by atoms with Crippen molar-refractivity contribution in [1.82, 2.24) is 9.47 Å². The Hall–Kier alpha value is -2.56. The molecular formula is C23H19ClN2OS. The van der Waals surface area contributed by atoms with Crippen molar-refractivity contribution in [1.29, 1.82) is 0 Å². The maximum Gasteiger partial charge on any atom is 0.242 e. The number of thiophene rings is 1. The summed E-state index contributed by atoms with van der Waals surface area (Å²) >= 11 is 7.88. The number of carbonyl (C=O) groups is 1. The highest BCUT2D eigenvalue weighted by molar-refractivity contribution is 7.13. The molecule has 2 aromatic heterocycles. The maximum absolute atomic E-state index is 13.2. The zero-order chi connectivity index (χ0) is 19.1. The molecule has 1 amide bonds. The Morgan fingerprint density at radius 2 is 1.89 bits per heavy atom. The molecule has 0 saturated carbocycles. The summed E-state index contributed by atoms with van der Waals surface area (Å²) in [6.45, 7) is 1.80. The van der Waals surface area contributed by atoms with Crippen molar-refractivity contribution < 1.29 is 4.79 Å². The molecule has 0 bridgehead atoms. The maximum atomic E-state index is 13.2. The van der Waals surface area contributed by atoms with Gasteiger partial charge in [-0.3, -0.25) is 4.79 Å². The molecule has 0 aliphatic carbocycles. The van der Waals surface area contributed by atoms with Gasteiger partial charge in [0.15, 0.2) is 0 Å². The molecule has 0 atom stereocenters. The van der Waals surface area contributed by atoms with Crippen molar-refractivity contribution in [2.45, 2.75) is 19.5 Å². The van der Waals surface area contributed by atoms with Crippen LogP contribution in [0.5, 0.6) is 0 Å². The predicted octanol–water partition coefficient (Wildman–Crippen LogP) is 5.61. The van der Waals surface area contributed by atoms with Gasteiger partial charge in [-0.2, -0.15) is 0 Å². The van der Waals surface area contributed by atoms with E-state index in [-0.39, 0.29) is 5.91 Å². The van der Waals surface area contributed by atoms with Gasteiger partial charge < -0.3 is 9.47 Å². The first-order valence-electron chi connectivity index (χ1n) is 9.36. The highest BCUT2D eigenvalue weighted by atomic mass is 35.5. The van der Waals surface area contributed by atoms with Gasteiger partial charge in [0.2, 0.25) is 5.91 Å². The van der Waals surface area contributed by atoms with Crippen LogP contribution in [0.3, 0.4) is 0 Å². The molecule has 0 N–H and O–H groups in total. The largest absolute Gasteiger partial charge is 0.336 e. The number of fused-ring (bicyclic) bond motifs is 2. The topological polar surface area (TPSA) is 25.2 Å². The zero-order valence-corrected chi connectivity index (χ0v) is 16.8. The molecule has 1 aliphatic heterocycles. The van der Waals surface area contributed by atoms with Crippen LogP contribution in [0.25, 0.3) is 21.5 Å². The summed E-state index contributed by atoms with van der Waals surface area (Å²) in [5, 5.41) is 3.84. The second-order valence-electron chi connectivity index (χ2n) is 7.13. The van der Waals surface area contributed by atoms with Gasteiger partial charge >= 0.3 is 0 Å². The third-order valence-electron chi connectivity index (χ3n) is 5.41. The van der Waals surface area contributed by atoms with Crippen molar-refractivity contribution in [3.63, 3.8) is 0 Å². The fourth-order valence-corrected chi connectivity index (χ4v) is 4.92. The number of hydrogen-bond acceptors (Lipinski definition) is 2. The van der Waals surface area contributed by atoms with Gasteiger partial charge in [-0.15, -0.1) is 11.3 Å². The molecule has 0 fully saturated rings. The smallest absolute Gasteiger partial charge is 0.242 e. The highest BCUT2D eigenvalue weighted by Crippen LogP contribution is 2.33. The van der Waals surface area contributed by atoms with E-state index in [0.717, 1.165) is 34.4 Å². The Kier molecular flexibility index (Phi) is 4.46. The lowest BCUT2D eigenvalue weighted by molar-refractivity contribution is -0.132. The van der Waals surface area contributed by atoms with Crippen LogP contribution in [0.15, 0.2) is 66.0 Å². The minimum Gasteiger partial charge on any atom is -0.336 e. The summed E-state index contributed by atoms with van der Waals surface area (Å²) in [4.78, 5) is 16.3. The van der Waals surface area contributed by atoms with Crippen LogP contribution in [0, 0.1) is 0 Å². The van der Waals surface area contributed by atoms with Gasteiger partial charge in [-0.25, -0.2) is 0 Å². The average Bonchev–Trinajstić information content (AvgIpc) is 3.35. The summed E-state index contributed by atoms with van der Waals surface area (Å²) in [5.74, 6) is 0.153. The van der Waals surface area contributed by atoms with E-state index in [9.17, 15) is 4.79 Å². The Morgan fingerprint density at radius 1 is 1.04 bits per heavy atom. The van der Waals surface area contributed by atoms with Crippen molar-refractivity contribution in [3.05, 3.63) is 82.2 Å². The second-order valence-corrected chi connectivity index (χ2v) is 8.51. The Morgan fingerprint density at radius 3 is 2.71 bits per heavy atom. The monoisotopic (exact) mass is 406 g/mol. The standard InChI is InChI=1S/C23H19ClN2OS/c24-19-7-8-20-18(12-19)13-21(22-6-3-11-28-22)26(20)15-23(27)25-10-9-16-4-1-2-5-17(16)14-25/h1-8,11-13H,9-10,14-15H2. The van der Waals surface area contributed by atoms with E-state index in [4.69, 9.17) is 11.6 Å². The second kappa shape index (κ2) is 7.12. The first kappa shape index (κ1) is 17.5. The number of benzene rings is 2. The molecule has 140 valence electrons. The van der Waals surface area contributed by atoms with E-state index in [1.54, 1.807) is 11.3 Å². The summed E-state index contributed by atoms with van der Waals surface area (Å²) in [7, 11) is 0. The fourth-order valence-electron chi connectivity index (χ4n) is 3.98. The summed E-state index contributed by atoms with van der Waals surface area (Å²) in [6.07, 6.45) is 0.918. The van der Waals surface area contributed by atoms with E-state index in [1.165, 1.54) is 11.1 Å². The molecule has 5 heteroatoms. The van der Waals surface area contributed by atoms with E-state index < -0.39 is 0 Å². The van der Waals surface area contributed by atoms with Gasteiger partial charge in [0.05, 0.1) is 10.6 Å². The van der Waals surface area contributed by atoms with E-state index >= 15 is 0 Å². The third kappa shape index (κ3) is 3.13. The molecule has 0 radical (unpaired) electrons. The van der Waals surface area contributed by atoms with Crippen LogP contribution in [-0.2, 0) is 24.3 Å². The lowest BCUT2D eigenvalue weighted by Crippen LogP contribution is -2.38. The minimum absolute atomic E-state index is 0.153. The zero-order valence-electron chi connectivity index (χ0n) is 15.3.